The Morgan fingerprint density at radius 1 is 1.04 bits per heavy atom. The van der Waals surface area contributed by atoms with Crippen molar-refractivity contribution in [1.29, 1.82) is 0 Å². The van der Waals surface area contributed by atoms with Crippen LogP contribution in [0.3, 0.4) is 0 Å². The number of carbonyl (C=O) groups excluding carboxylic acids is 2. The molecule has 3 amide bonds. The molecule has 0 bridgehead atoms. The second-order valence-electron chi connectivity index (χ2n) is 5.81. The fourth-order valence-electron chi connectivity index (χ4n) is 2.93. The third kappa shape index (κ3) is 3.11. The minimum absolute atomic E-state index is 0.146. The average Bonchev–Trinajstić information content (AvgIpc) is 2.61. The minimum Gasteiger partial charge on any atom is -0.338 e. The van der Waals surface area contributed by atoms with Gasteiger partial charge in [-0.15, -0.1) is 0 Å². The van der Waals surface area contributed by atoms with Gasteiger partial charge < -0.3 is 10.2 Å². The lowest BCUT2D eigenvalue weighted by Gasteiger charge is -2.32. The van der Waals surface area contributed by atoms with Crippen LogP contribution in [-0.4, -0.2) is 19.0 Å². The van der Waals surface area contributed by atoms with E-state index in [-0.39, 0.29) is 6.03 Å². The van der Waals surface area contributed by atoms with Gasteiger partial charge in [-0.05, 0) is 29.7 Å². The van der Waals surface area contributed by atoms with Gasteiger partial charge in [0.15, 0.2) is 0 Å². The Morgan fingerprint density at radius 3 is 2.33 bits per heavy atom. The summed E-state index contributed by atoms with van der Waals surface area (Å²) in [6.07, 6.45) is 1.70. The van der Waals surface area contributed by atoms with Crippen LogP contribution in [0.15, 0.2) is 48.5 Å². The van der Waals surface area contributed by atoms with Crippen LogP contribution in [-0.2, 0) is 17.9 Å². The van der Waals surface area contributed by atoms with E-state index in [1.54, 1.807) is 9.80 Å². The SMILES string of the molecule is CCCNC(=O)N1Cc2ccccc2CN(C=O)c2ccccc21. The maximum absolute atomic E-state index is 12.7. The topological polar surface area (TPSA) is 52.7 Å². The third-order valence-electron chi connectivity index (χ3n) is 4.17. The standard InChI is InChI=1S/C19H21N3O2/c1-2-11-20-19(24)22-13-16-8-4-3-7-15(16)12-21(14-23)17-9-5-6-10-18(17)22/h3-10,14H,2,11-13H2,1H3,(H,20,24). The van der Waals surface area contributed by atoms with Crippen LogP contribution in [0.2, 0.25) is 0 Å². The lowest BCUT2D eigenvalue weighted by Crippen LogP contribution is -2.42. The highest BCUT2D eigenvalue weighted by Crippen LogP contribution is 2.33. The molecule has 0 saturated heterocycles. The first-order valence-electron chi connectivity index (χ1n) is 8.17. The number of rotatable bonds is 3. The van der Waals surface area contributed by atoms with Gasteiger partial charge in [0.2, 0.25) is 6.41 Å². The molecule has 24 heavy (non-hydrogen) atoms. The normalized spacial score (nSPS) is 13.4. The summed E-state index contributed by atoms with van der Waals surface area (Å²) in [7, 11) is 0. The Kier molecular flexibility index (Phi) is 4.79. The molecule has 1 aliphatic heterocycles. The zero-order chi connectivity index (χ0) is 16.9. The molecule has 0 saturated carbocycles. The van der Waals surface area contributed by atoms with Crippen molar-refractivity contribution >= 4 is 23.8 Å². The van der Waals surface area contributed by atoms with Crippen LogP contribution in [0.25, 0.3) is 0 Å². The molecule has 0 radical (unpaired) electrons. The van der Waals surface area contributed by atoms with Gasteiger partial charge in [-0.3, -0.25) is 9.69 Å². The van der Waals surface area contributed by atoms with Crippen molar-refractivity contribution in [3.63, 3.8) is 0 Å². The second kappa shape index (κ2) is 7.17. The second-order valence-corrected chi connectivity index (χ2v) is 5.81. The van der Waals surface area contributed by atoms with Crippen molar-refractivity contribution in [2.24, 2.45) is 0 Å². The lowest BCUT2D eigenvalue weighted by molar-refractivity contribution is -0.107. The van der Waals surface area contributed by atoms with E-state index in [4.69, 9.17) is 0 Å². The molecule has 2 aromatic rings. The molecule has 1 heterocycles. The largest absolute Gasteiger partial charge is 0.338 e. The molecule has 1 N–H and O–H groups in total. The number of fused-ring (bicyclic) bond motifs is 2. The molecule has 0 aliphatic carbocycles. The number of urea groups is 1. The molecule has 124 valence electrons. The van der Waals surface area contributed by atoms with Crippen LogP contribution < -0.4 is 15.1 Å². The Morgan fingerprint density at radius 2 is 1.67 bits per heavy atom. The van der Waals surface area contributed by atoms with Gasteiger partial charge in [-0.1, -0.05) is 43.3 Å². The molecule has 0 unspecified atom stereocenters. The molecule has 5 nitrogen and oxygen atoms in total. The van der Waals surface area contributed by atoms with E-state index in [0.717, 1.165) is 35.3 Å². The summed E-state index contributed by atoms with van der Waals surface area (Å²) in [5.41, 5.74) is 3.58. The van der Waals surface area contributed by atoms with Crippen LogP contribution in [0, 0.1) is 0 Å². The maximum atomic E-state index is 12.7. The first-order chi connectivity index (χ1) is 11.7. The fourth-order valence-corrected chi connectivity index (χ4v) is 2.93. The summed E-state index contributed by atoms with van der Waals surface area (Å²) in [4.78, 5) is 27.7. The van der Waals surface area contributed by atoms with Crippen molar-refractivity contribution in [1.82, 2.24) is 5.32 Å². The number of para-hydroxylation sites is 2. The molecule has 1 aliphatic rings. The number of benzene rings is 2. The Bertz CT molecular complexity index is 745. The number of nitrogens with one attached hydrogen (secondary N) is 1. The average molecular weight is 323 g/mol. The molecule has 2 aromatic carbocycles. The summed E-state index contributed by atoms with van der Waals surface area (Å²) >= 11 is 0. The highest BCUT2D eigenvalue weighted by molar-refractivity contribution is 5.98. The van der Waals surface area contributed by atoms with E-state index < -0.39 is 0 Å². The van der Waals surface area contributed by atoms with Gasteiger partial charge in [-0.2, -0.15) is 0 Å². The molecule has 5 heteroatoms. The van der Waals surface area contributed by atoms with E-state index in [2.05, 4.69) is 5.32 Å². The van der Waals surface area contributed by atoms with E-state index in [1.165, 1.54) is 0 Å². The minimum atomic E-state index is -0.146. The molecular formula is C19H21N3O2. The summed E-state index contributed by atoms with van der Waals surface area (Å²) in [5.74, 6) is 0. The van der Waals surface area contributed by atoms with Gasteiger partial charge >= 0.3 is 6.03 Å². The van der Waals surface area contributed by atoms with Crippen molar-refractivity contribution in [3.05, 3.63) is 59.7 Å². The zero-order valence-corrected chi connectivity index (χ0v) is 13.7. The molecular weight excluding hydrogens is 302 g/mol. The number of anilines is 2. The van der Waals surface area contributed by atoms with Gasteiger partial charge in [0.25, 0.3) is 0 Å². The first-order valence-corrected chi connectivity index (χ1v) is 8.17. The van der Waals surface area contributed by atoms with Crippen LogP contribution in [0.1, 0.15) is 24.5 Å². The van der Waals surface area contributed by atoms with E-state index in [9.17, 15) is 9.59 Å². The van der Waals surface area contributed by atoms with Gasteiger partial charge in [0, 0.05) is 6.54 Å². The summed E-state index contributed by atoms with van der Waals surface area (Å²) < 4.78 is 0. The Labute approximate surface area is 141 Å². The molecule has 3 rings (SSSR count). The van der Waals surface area contributed by atoms with Crippen molar-refractivity contribution in [2.75, 3.05) is 16.3 Å². The zero-order valence-electron chi connectivity index (χ0n) is 13.7. The smallest absolute Gasteiger partial charge is 0.322 e. The van der Waals surface area contributed by atoms with Crippen LogP contribution in [0.5, 0.6) is 0 Å². The predicted octanol–water partition coefficient (Wildman–Crippen LogP) is 3.29. The lowest BCUT2D eigenvalue weighted by atomic mass is 10.0. The summed E-state index contributed by atoms with van der Waals surface area (Å²) in [6, 6.07) is 15.3. The molecule has 0 atom stereocenters. The molecule has 0 spiro atoms. The van der Waals surface area contributed by atoms with Crippen LogP contribution >= 0.6 is 0 Å². The Balaban J connectivity index is 2.08. The van der Waals surface area contributed by atoms with E-state index >= 15 is 0 Å². The van der Waals surface area contributed by atoms with E-state index in [1.807, 2.05) is 55.5 Å². The van der Waals surface area contributed by atoms with Gasteiger partial charge in [0.05, 0.1) is 24.5 Å². The van der Waals surface area contributed by atoms with Gasteiger partial charge in [0.1, 0.15) is 0 Å². The quantitative estimate of drug-likeness (QED) is 0.881. The summed E-state index contributed by atoms with van der Waals surface area (Å²) in [6.45, 7) is 3.62. The molecule has 0 aromatic heterocycles. The Hall–Kier alpha value is -2.82. The van der Waals surface area contributed by atoms with Crippen LogP contribution in [0.4, 0.5) is 16.2 Å². The number of hydrogen-bond acceptors (Lipinski definition) is 2. The fraction of sp³-hybridized carbons (Fsp3) is 0.263. The van der Waals surface area contributed by atoms with Crippen molar-refractivity contribution < 1.29 is 9.59 Å². The number of nitrogens with zero attached hydrogens (tertiary/aromatic N) is 2. The highest BCUT2D eigenvalue weighted by atomic mass is 16.2. The third-order valence-corrected chi connectivity index (χ3v) is 4.17. The number of amides is 3. The molecule has 0 fully saturated rings. The monoisotopic (exact) mass is 323 g/mol. The van der Waals surface area contributed by atoms with Gasteiger partial charge in [-0.25, -0.2) is 4.79 Å². The summed E-state index contributed by atoms with van der Waals surface area (Å²) in [5, 5.41) is 2.93. The first kappa shape index (κ1) is 16.1. The highest BCUT2D eigenvalue weighted by Gasteiger charge is 2.25. The van der Waals surface area contributed by atoms with Crippen molar-refractivity contribution in [3.8, 4) is 0 Å². The van der Waals surface area contributed by atoms with E-state index in [0.29, 0.717) is 19.6 Å². The number of hydrogen-bond donors (Lipinski definition) is 1. The maximum Gasteiger partial charge on any atom is 0.322 e. The predicted molar refractivity (Wildman–Crippen MR) is 95.0 cm³/mol. The number of carbonyl (C=O) groups is 2. The van der Waals surface area contributed by atoms with Crippen molar-refractivity contribution in [2.45, 2.75) is 26.4 Å².